The van der Waals surface area contributed by atoms with E-state index < -0.39 is 0 Å². The van der Waals surface area contributed by atoms with Gasteiger partial charge in [0.15, 0.2) is 12.0 Å². The molecule has 4 nitrogen and oxygen atoms in total. The fraction of sp³-hybridized carbons (Fsp3) is 0.0667. The normalized spacial score (nSPS) is 12.8. The summed E-state index contributed by atoms with van der Waals surface area (Å²) >= 11 is 0. The zero-order valence-electron chi connectivity index (χ0n) is 10.6. The third-order valence-corrected chi connectivity index (χ3v) is 2.97. The van der Waals surface area contributed by atoms with E-state index in [9.17, 15) is 0 Å². The van der Waals surface area contributed by atoms with Crippen LogP contribution in [0.25, 0.3) is 35.0 Å². The summed E-state index contributed by atoms with van der Waals surface area (Å²) in [4.78, 5) is 11.4. The van der Waals surface area contributed by atoms with Crippen molar-refractivity contribution in [1.29, 1.82) is 0 Å². The van der Waals surface area contributed by atoms with Crippen LogP contribution < -0.4 is 10.6 Å². The molecule has 94 valence electrons. The van der Waals surface area contributed by atoms with Crippen LogP contribution in [0.15, 0.2) is 40.1 Å². The highest BCUT2D eigenvalue weighted by molar-refractivity contribution is 5.90. The predicted octanol–water partition coefficient (Wildman–Crippen LogP) is 1.71. The minimum absolute atomic E-state index is 0.776. The largest absolute Gasteiger partial charge is 0.443 e. The third-order valence-electron chi connectivity index (χ3n) is 2.97. The number of aromatic amines is 1. The molecule has 2 aromatic heterocycles. The predicted molar refractivity (Wildman–Crippen MR) is 77.4 cm³/mol. The lowest BCUT2D eigenvalue weighted by Crippen LogP contribution is -2.20. The molecular formula is C15H13N3O. The molecule has 1 aromatic carbocycles. The number of H-pyrrole nitrogens is 1. The topological polar surface area (TPSA) is 54.2 Å². The van der Waals surface area contributed by atoms with Crippen LogP contribution in [-0.2, 0) is 0 Å². The van der Waals surface area contributed by atoms with E-state index in [0.29, 0.717) is 0 Å². The number of nitrogens with one attached hydrogen (secondary N) is 1. The summed E-state index contributed by atoms with van der Waals surface area (Å²) in [6.45, 7) is 4.01. The van der Waals surface area contributed by atoms with Crippen LogP contribution in [0.3, 0.4) is 0 Å². The molecule has 0 fully saturated rings. The van der Waals surface area contributed by atoms with E-state index in [1.807, 2.05) is 30.3 Å². The maximum atomic E-state index is 5.31. The second kappa shape index (κ2) is 4.57. The molecule has 1 N–H and O–H groups in total. The zero-order valence-corrected chi connectivity index (χ0v) is 10.6. The summed E-state index contributed by atoms with van der Waals surface area (Å²) < 4.78 is 5.31. The summed E-state index contributed by atoms with van der Waals surface area (Å²) in [6.07, 6.45) is 5.09. The minimum Gasteiger partial charge on any atom is -0.443 e. The smallest absolute Gasteiger partial charge is 0.181 e. The Labute approximate surface area is 109 Å². The lowest BCUT2D eigenvalue weighted by molar-refractivity contribution is 0.602. The van der Waals surface area contributed by atoms with Crippen LogP contribution in [0.5, 0.6) is 0 Å². The zero-order chi connectivity index (χ0) is 13.2. The van der Waals surface area contributed by atoms with Crippen molar-refractivity contribution < 1.29 is 4.42 Å². The number of hydrogen-bond acceptors (Lipinski definition) is 3. The van der Waals surface area contributed by atoms with Crippen molar-refractivity contribution in [3.05, 3.63) is 41.2 Å². The van der Waals surface area contributed by atoms with E-state index in [1.54, 1.807) is 13.3 Å². The second-order valence-corrected chi connectivity index (χ2v) is 4.23. The number of nitrogens with zero attached hydrogens (tertiary/aromatic N) is 2. The molecule has 0 unspecified atom stereocenters. The Hall–Kier alpha value is -2.62. The van der Waals surface area contributed by atoms with Gasteiger partial charge in [-0.2, -0.15) is 0 Å². The summed E-state index contributed by atoms with van der Waals surface area (Å²) in [5.74, 6) is 0. The van der Waals surface area contributed by atoms with Crippen molar-refractivity contribution in [3.8, 4) is 11.3 Å². The van der Waals surface area contributed by atoms with E-state index in [-0.39, 0.29) is 0 Å². The molecule has 0 saturated heterocycles. The van der Waals surface area contributed by atoms with Gasteiger partial charge in [-0.05, 0) is 29.5 Å². The number of rotatable bonds is 2. The Kier molecular flexibility index (Phi) is 2.76. The number of hydrogen-bond donors (Lipinski definition) is 1. The number of oxazole rings is 1. The Morgan fingerprint density at radius 2 is 2.26 bits per heavy atom. The number of benzene rings is 1. The van der Waals surface area contributed by atoms with E-state index in [4.69, 9.17) is 4.42 Å². The number of fused-ring (bicyclic) bond motifs is 1. The summed E-state index contributed by atoms with van der Waals surface area (Å²) in [7, 11) is 1.74. The van der Waals surface area contributed by atoms with Gasteiger partial charge >= 0.3 is 0 Å². The second-order valence-electron chi connectivity index (χ2n) is 4.23. The molecule has 0 bridgehead atoms. The first-order chi connectivity index (χ1) is 9.28. The van der Waals surface area contributed by atoms with Gasteiger partial charge in [0.2, 0.25) is 0 Å². The lowest BCUT2D eigenvalue weighted by atomic mass is 10.1. The molecule has 0 spiro atoms. The fourth-order valence-corrected chi connectivity index (χ4v) is 1.99. The van der Waals surface area contributed by atoms with E-state index in [0.717, 1.165) is 32.9 Å². The molecule has 3 aromatic rings. The summed E-state index contributed by atoms with van der Waals surface area (Å²) in [6, 6.07) is 7.92. The van der Waals surface area contributed by atoms with E-state index in [1.165, 1.54) is 6.39 Å². The van der Waals surface area contributed by atoms with Crippen LogP contribution in [0.4, 0.5) is 0 Å². The molecule has 3 rings (SSSR count). The van der Waals surface area contributed by atoms with Gasteiger partial charge in [-0.3, -0.25) is 4.99 Å². The summed E-state index contributed by atoms with van der Waals surface area (Å²) in [5.41, 5.74) is 3.68. The van der Waals surface area contributed by atoms with Gasteiger partial charge in [0.25, 0.3) is 0 Å². The van der Waals surface area contributed by atoms with E-state index in [2.05, 4.69) is 21.5 Å². The Balaban J connectivity index is 2.13. The van der Waals surface area contributed by atoms with Gasteiger partial charge in [0.05, 0.1) is 0 Å². The van der Waals surface area contributed by atoms with Gasteiger partial charge in [-0.25, -0.2) is 4.98 Å². The Morgan fingerprint density at radius 1 is 1.37 bits per heavy atom. The standard InChI is InChI=1S/C15H13N3O/c1-10-7-14(18-12(10)5-6-16-2)11-3-4-13-15(8-11)19-9-17-13/h3-9,18H,1H2,2H3/b12-5+,16-6-. The molecule has 4 heteroatoms. The lowest BCUT2D eigenvalue weighted by Gasteiger charge is -1.96. The van der Waals surface area contributed by atoms with Crippen LogP contribution in [0, 0.1) is 0 Å². The third kappa shape index (κ3) is 2.08. The van der Waals surface area contributed by atoms with Crippen molar-refractivity contribution in [3.63, 3.8) is 0 Å². The molecule has 0 radical (unpaired) electrons. The molecule has 2 heterocycles. The SMILES string of the molecule is C=c1cc(-c2ccc3ncoc3c2)[nH]/c1=C/C=N\C. The first-order valence-electron chi connectivity index (χ1n) is 5.92. The fourth-order valence-electron chi connectivity index (χ4n) is 1.99. The highest BCUT2D eigenvalue weighted by Crippen LogP contribution is 2.20. The van der Waals surface area contributed by atoms with Gasteiger partial charge < -0.3 is 9.40 Å². The van der Waals surface area contributed by atoms with Crippen molar-refractivity contribution in [2.24, 2.45) is 4.99 Å². The molecular weight excluding hydrogens is 238 g/mol. The van der Waals surface area contributed by atoms with Gasteiger partial charge in [-0.15, -0.1) is 0 Å². The molecule has 0 saturated carbocycles. The molecule has 0 aliphatic rings. The summed E-state index contributed by atoms with van der Waals surface area (Å²) in [5, 5.41) is 1.89. The Morgan fingerprint density at radius 3 is 3.11 bits per heavy atom. The average molecular weight is 251 g/mol. The Bertz CT molecular complexity index is 855. The molecule has 0 aliphatic carbocycles. The van der Waals surface area contributed by atoms with Gasteiger partial charge in [-0.1, -0.05) is 12.6 Å². The van der Waals surface area contributed by atoms with Crippen LogP contribution in [-0.4, -0.2) is 23.2 Å². The van der Waals surface area contributed by atoms with Crippen molar-refractivity contribution in [2.45, 2.75) is 0 Å². The van der Waals surface area contributed by atoms with Crippen LogP contribution in [0.2, 0.25) is 0 Å². The first-order valence-corrected chi connectivity index (χ1v) is 5.92. The number of aromatic nitrogens is 2. The minimum atomic E-state index is 0.776. The highest BCUT2D eigenvalue weighted by atomic mass is 16.3. The van der Waals surface area contributed by atoms with Gasteiger partial charge in [0.1, 0.15) is 5.52 Å². The molecule has 0 amide bonds. The van der Waals surface area contributed by atoms with Crippen molar-refractivity contribution in [1.82, 2.24) is 9.97 Å². The number of aliphatic imine (C=N–C) groups is 1. The molecule has 0 aliphatic heterocycles. The molecule has 0 atom stereocenters. The quantitative estimate of drug-likeness (QED) is 0.705. The molecule has 19 heavy (non-hydrogen) atoms. The highest BCUT2D eigenvalue weighted by Gasteiger charge is 2.04. The van der Waals surface area contributed by atoms with Crippen LogP contribution in [0.1, 0.15) is 0 Å². The van der Waals surface area contributed by atoms with Crippen molar-refractivity contribution >= 4 is 30.0 Å². The van der Waals surface area contributed by atoms with E-state index >= 15 is 0 Å². The maximum absolute atomic E-state index is 5.31. The monoisotopic (exact) mass is 251 g/mol. The first kappa shape index (κ1) is 11.5. The van der Waals surface area contributed by atoms with Crippen LogP contribution >= 0.6 is 0 Å². The average Bonchev–Trinajstić information content (AvgIpc) is 3.02. The van der Waals surface area contributed by atoms with Crippen molar-refractivity contribution in [2.75, 3.05) is 7.05 Å². The maximum Gasteiger partial charge on any atom is 0.181 e. The van der Waals surface area contributed by atoms with Gasteiger partial charge in [0, 0.05) is 29.9 Å².